The minimum atomic E-state index is -0.537. The SMILES string of the molecule is Cn1nc(N2CCC(=O)NC2=O)c2ccc(Br)c(F)c21. The number of hydrogen-bond donors (Lipinski definition) is 1. The lowest BCUT2D eigenvalue weighted by atomic mass is 10.2. The van der Waals surface area contributed by atoms with Gasteiger partial charge in [-0.2, -0.15) is 5.10 Å². The highest BCUT2D eigenvalue weighted by Crippen LogP contribution is 2.31. The molecule has 1 aromatic carbocycles. The average Bonchev–Trinajstić information content (AvgIpc) is 2.72. The van der Waals surface area contributed by atoms with Gasteiger partial charge in [-0.25, -0.2) is 9.18 Å². The van der Waals surface area contributed by atoms with Gasteiger partial charge in [0.15, 0.2) is 11.6 Å². The Morgan fingerprint density at radius 3 is 2.85 bits per heavy atom. The number of fused-ring (bicyclic) bond motifs is 1. The minimum absolute atomic E-state index is 0.197. The molecule has 1 saturated heterocycles. The summed E-state index contributed by atoms with van der Waals surface area (Å²) < 4.78 is 15.8. The smallest absolute Gasteiger partial charge is 0.278 e. The highest BCUT2D eigenvalue weighted by Gasteiger charge is 2.28. The molecule has 0 radical (unpaired) electrons. The average molecular weight is 341 g/mol. The van der Waals surface area contributed by atoms with Crippen LogP contribution in [0.15, 0.2) is 16.6 Å². The normalized spacial score (nSPS) is 15.8. The first-order valence-corrected chi connectivity index (χ1v) is 6.70. The van der Waals surface area contributed by atoms with Crippen molar-refractivity contribution in [2.45, 2.75) is 6.42 Å². The van der Waals surface area contributed by atoms with Crippen molar-refractivity contribution in [3.63, 3.8) is 0 Å². The summed E-state index contributed by atoms with van der Waals surface area (Å²) in [6.45, 7) is 0.231. The third-order valence-electron chi connectivity index (χ3n) is 3.19. The molecule has 20 heavy (non-hydrogen) atoms. The number of rotatable bonds is 1. The van der Waals surface area contributed by atoms with Crippen LogP contribution < -0.4 is 10.2 Å². The molecule has 0 unspecified atom stereocenters. The summed E-state index contributed by atoms with van der Waals surface area (Å²) in [7, 11) is 1.61. The van der Waals surface area contributed by atoms with Gasteiger partial charge in [0, 0.05) is 25.4 Å². The Balaban J connectivity index is 2.16. The van der Waals surface area contributed by atoms with Crippen LogP contribution in [-0.2, 0) is 11.8 Å². The number of urea groups is 1. The molecule has 1 aliphatic rings. The fourth-order valence-corrected chi connectivity index (χ4v) is 2.57. The van der Waals surface area contributed by atoms with Gasteiger partial charge in [-0.15, -0.1) is 0 Å². The van der Waals surface area contributed by atoms with Gasteiger partial charge in [-0.05, 0) is 28.1 Å². The lowest BCUT2D eigenvalue weighted by Crippen LogP contribution is -2.49. The molecule has 104 valence electrons. The Labute approximate surface area is 121 Å². The van der Waals surface area contributed by atoms with Gasteiger partial charge in [-0.1, -0.05) is 0 Å². The Bertz CT molecular complexity index is 743. The highest BCUT2D eigenvalue weighted by molar-refractivity contribution is 9.10. The molecule has 6 nitrogen and oxygen atoms in total. The molecular formula is C12H10BrFN4O2. The molecule has 1 N–H and O–H groups in total. The second kappa shape index (κ2) is 4.55. The summed E-state index contributed by atoms with van der Waals surface area (Å²) in [4.78, 5) is 24.4. The lowest BCUT2D eigenvalue weighted by molar-refractivity contribution is -0.120. The zero-order valence-corrected chi connectivity index (χ0v) is 12.1. The van der Waals surface area contributed by atoms with Crippen molar-refractivity contribution in [1.82, 2.24) is 15.1 Å². The van der Waals surface area contributed by atoms with Gasteiger partial charge >= 0.3 is 6.03 Å². The van der Waals surface area contributed by atoms with E-state index in [2.05, 4.69) is 26.3 Å². The van der Waals surface area contributed by atoms with Crippen LogP contribution in [0, 0.1) is 5.82 Å². The first kappa shape index (κ1) is 13.0. The van der Waals surface area contributed by atoms with Crippen molar-refractivity contribution in [1.29, 1.82) is 0 Å². The van der Waals surface area contributed by atoms with Crippen molar-refractivity contribution >= 4 is 44.6 Å². The number of anilines is 1. The van der Waals surface area contributed by atoms with Gasteiger partial charge in [0.2, 0.25) is 5.91 Å². The maximum absolute atomic E-state index is 14.1. The van der Waals surface area contributed by atoms with E-state index in [1.165, 1.54) is 9.58 Å². The third-order valence-corrected chi connectivity index (χ3v) is 3.80. The second-order valence-corrected chi connectivity index (χ2v) is 5.31. The van der Waals surface area contributed by atoms with Crippen LogP contribution in [0.25, 0.3) is 10.9 Å². The number of aryl methyl sites for hydroxylation is 1. The molecule has 2 aromatic rings. The van der Waals surface area contributed by atoms with E-state index in [0.29, 0.717) is 21.2 Å². The standard InChI is InChI=1S/C12H10BrFN4O2/c1-17-10-6(2-3-7(13)9(10)14)11(16-17)18-5-4-8(19)15-12(18)20/h2-3H,4-5H2,1H3,(H,15,19,20). The molecule has 1 fully saturated rings. The quantitative estimate of drug-likeness (QED) is 0.862. The topological polar surface area (TPSA) is 67.2 Å². The van der Waals surface area contributed by atoms with E-state index in [-0.39, 0.29) is 18.9 Å². The van der Waals surface area contributed by atoms with Gasteiger partial charge in [-0.3, -0.25) is 19.7 Å². The highest BCUT2D eigenvalue weighted by atomic mass is 79.9. The summed E-state index contributed by atoms with van der Waals surface area (Å²) in [5.41, 5.74) is 0.305. The van der Waals surface area contributed by atoms with Crippen LogP contribution in [0.1, 0.15) is 6.42 Å². The maximum Gasteiger partial charge on any atom is 0.329 e. The first-order chi connectivity index (χ1) is 9.49. The predicted octanol–water partition coefficient (Wildman–Crippen LogP) is 1.92. The van der Waals surface area contributed by atoms with Gasteiger partial charge in [0.25, 0.3) is 0 Å². The van der Waals surface area contributed by atoms with E-state index < -0.39 is 11.8 Å². The van der Waals surface area contributed by atoms with E-state index in [4.69, 9.17) is 0 Å². The maximum atomic E-state index is 14.1. The van der Waals surface area contributed by atoms with Crippen molar-refractivity contribution in [3.05, 3.63) is 22.4 Å². The molecular weight excluding hydrogens is 331 g/mol. The van der Waals surface area contributed by atoms with Crippen LogP contribution in [0.4, 0.5) is 15.0 Å². The number of benzene rings is 1. The van der Waals surface area contributed by atoms with Gasteiger partial charge in [0.05, 0.1) is 4.47 Å². The number of hydrogen-bond acceptors (Lipinski definition) is 3. The zero-order chi connectivity index (χ0) is 14.4. The van der Waals surface area contributed by atoms with Crippen molar-refractivity contribution in [2.24, 2.45) is 7.05 Å². The van der Waals surface area contributed by atoms with E-state index in [1.54, 1.807) is 19.2 Å². The summed E-state index contributed by atoms with van der Waals surface area (Å²) >= 11 is 3.12. The van der Waals surface area contributed by atoms with E-state index in [9.17, 15) is 14.0 Å². The predicted molar refractivity (Wildman–Crippen MR) is 73.9 cm³/mol. The number of nitrogens with zero attached hydrogens (tertiary/aromatic N) is 3. The fraction of sp³-hybridized carbons (Fsp3) is 0.250. The third kappa shape index (κ3) is 1.87. The molecule has 0 saturated carbocycles. The van der Waals surface area contributed by atoms with Crippen molar-refractivity contribution < 1.29 is 14.0 Å². The molecule has 3 rings (SSSR count). The number of imide groups is 1. The Hall–Kier alpha value is -1.96. The fourth-order valence-electron chi connectivity index (χ4n) is 2.25. The Morgan fingerprint density at radius 1 is 1.40 bits per heavy atom. The molecule has 2 heterocycles. The van der Waals surface area contributed by atoms with Crippen LogP contribution >= 0.6 is 15.9 Å². The molecule has 8 heteroatoms. The molecule has 1 aromatic heterocycles. The van der Waals surface area contributed by atoms with Crippen LogP contribution in [0.2, 0.25) is 0 Å². The van der Waals surface area contributed by atoms with E-state index >= 15 is 0 Å². The lowest BCUT2D eigenvalue weighted by Gasteiger charge is -2.24. The van der Waals surface area contributed by atoms with E-state index in [0.717, 1.165) is 0 Å². The van der Waals surface area contributed by atoms with Crippen LogP contribution in [0.3, 0.4) is 0 Å². The second-order valence-electron chi connectivity index (χ2n) is 4.46. The van der Waals surface area contributed by atoms with Gasteiger partial charge < -0.3 is 0 Å². The summed E-state index contributed by atoms with van der Waals surface area (Å²) in [6.07, 6.45) is 0.197. The first-order valence-electron chi connectivity index (χ1n) is 5.91. The number of carbonyl (C=O) groups excluding carboxylic acids is 2. The van der Waals surface area contributed by atoms with Gasteiger partial charge in [0.1, 0.15) is 5.52 Å². The summed E-state index contributed by atoms with van der Waals surface area (Å²) in [5.74, 6) is -0.406. The molecule has 0 bridgehead atoms. The van der Waals surface area contributed by atoms with Crippen LogP contribution in [0.5, 0.6) is 0 Å². The molecule has 0 atom stereocenters. The Kier molecular flexibility index (Phi) is 2.97. The minimum Gasteiger partial charge on any atom is -0.278 e. The Morgan fingerprint density at radius 2 is 2.15 bits per heavy atom. The number of aromatic nitrogens is 2. The summed E-state index contributed by atoms with van der Waals surface area (Å²) in [6, 6.07) is 2.72. The van der Waals surface area contributed by atoms with Crippen LogP contribution in [-0.4, -0.2) is 28.3 Å². The van der Waals surface area contributed by atoms with E-state index in [1.807, 2.05) is 0 Å². The molecule has 3 amide bonds. The molecule has 1 aliphatic heterocycles. The number of nitrogens with one attached hydrogen (secondary N) is 1. The largest absolute Gasteiger partial charge is 0.329 e. The number of amides is 3. The monoisotopic (exact) mass is 340 g/mol. The zero-order valence-electron chi connectivity index (χ0n) is 10.5. The van der Waals surface area contributed by atoms with Crippen molar-refractivity contribution in [3.8, 4) is 0 Å². The molecule has 0 aliphatic carbocycles. The summed E-state index contributed by atoms with van der Waals surface area (Å²) in [5, 5.41) is 6.95. The number of halogens is 2. The molecule has 0 spiro atoms. The number of carbonyl (C=O) groups is 2. The van der Waals surface area contributed by atoms with Crippen molar-refractivity contribution in [2.75, 3.05) is 11.4 Å².